The van der Waals surface area contributed by atoms with Gasteiger partial charge >= 0.3 is 11.9 Å². The zero-order valence-corrected chi connectivity index (χ0v) is 5.68. The first-order valence-corrected chi connectivity index (χ1v) is 2.96. The van der Waals surface area contributed by atoms with E-state index in [2.05, 4.69) is 21.9 Å². The Bertz CT molecular complexity index is 231. The summed E-state index contributed by atoms with van der Waals surface area (Å²) in [6.45, 7) is 0. The fraction of sp³-hybridized carbons (Fsp3) is 0.400. The standard InChI is InChI=1S/C5H3NO3S/c7-4-1-3(6-2-10)5(8)9-4/h3H,1H2/t3-/m0/s1. The predicted octanol–water partition coefficient (Wildman–Crippen LogP) is -0.0687. The molecule has 1 aliphatic rings. The molecular formula is C5H3NO3S. The number of isothiocyanates is 1. The lowest BCUT2D eigenvalue weighted by Gasteiger charge is -1.88. The smallest absolute Gasteiger partial charge is 0.339 e. The maximum atomic E-state index is 10.6. The molecular weight excluding hydrogens is 154 g/mol. The minimum absolute atomic E-state index is 0.0114. The predicted molar refractivity (Wildman–Crippen MR) is 34.5 cm³/mol. The molecule has 0 aromatic carbocycles. The van der Waals surface area contributed by atoms with Crippen molar-refractivity contribution in [2.24, 2.45) is 4.99 Å². The molecule has 0 radical (unpaired) electrons. The lowest BCUT2D eigenvalue weighted by Crippen LogP contribution is -2.09. The summed E-state index contributed by atoms with van der Waals surface area (Å²) >= 11 is 4.24. The third kappa shape index (κ3) is 1.26. The van der Waals surface area contributed by atoms with E-state index >= 15 is 0 Å². The van der Waals surface area contributed by atoms with E-state index in [1.807, 2.05) is 5.16 Å². The van der Waals surface area contributed by atoms with Crippen LogP contribution >= 0.6 is 12.2 Å². The Morgan fingerprint density at radius 3 is 2.80 bits per heavy atom. The van der Waals surface area contributed by atoms with Crippen molar-refractivity contribution in [2.45, 2.75) is 12.5 Å². The highest BCUT2D eigenvalue weighted by Gasteiger charge is 2.32. The van der Waals surface area contributed by atoms with Gasteiger partial charge in [-0.05, 0) is 12.2 Å². The Morgan fingerprint density at radius 1 is 1.70 bits per heavy atom. The van der Waals surface area contributed by atoms with Crippen LogP contribution in [0.2, 0.25) is 0 Å². The number of carbonyl (C=O) groups is 2. The molecule has 0 aromatic heterocycles. The van der Waals surface area contributed by atoms with E-state index in [1.54, 1.807) is 0 Å². The van der Waals surface area contributed by atoms with Crippen molar-refractivity contribution < 1.29 is 14.3 Å². The molecule has 1 heterocycles. The summed E-state index contributed by atoms with van der Waals surface area (Å²) in [4.78, 5) is 24.3. The molecule has 1 fully saturated rings. The first kappa shape index (κ1) is 7.05. The van der Waals surface area contributed by atoms with Crippen molar-refractivity contribution in [3.63, 3.8) is 0 Å². The zero-order chi connectivity index (χ0) is 7.56. The van der Waals surface area contributed by atoms with Crippen LogP contribution in [0.15, 0.2) is 4.99 Å². The van der Waals surface area contributed by atoms with Gasteiger partial charge < -0.3 is 4.74 Å². The Balaban J connectivity index is 2.72. The van der Waals surface area contributed by atoms with Gasteiger partial charge in [-0.1, -0.05) is 0 Å². The van der Waals surface area contributed by atoms with Gasteiger partial charge in [0.15, 0.2) is 6.04 Å². The summed E-state index contributed by atoms with van der Waals surface area (Å²) in [6, 6.07) is -0.745. The van der Waals surface area contributed by atoms with Gasteiger partial charge in [-0.2, -0.15) is 0 Å². The quantitative estimate of drug-likeness (QED) is 0.231. The van der Waals surface area contributed by atoms with E-state index in [0.717, 1.165) is 0 Å². The molecule has 0 unspecified atom stereocenters. The topological polar surface area (TPSA) is 55.7 Å². The van der Waals surface area contributed by atoms with Crippen LogP contribution in [0.5, 0.6) is 0 Å². The Hall–Kier alpha value is -1.06. The number of nitrogens with zero attached hydrogens (tertiary/aromatic N) is 1. The van der Waals surface area contributed by atoms with Crippen LogP contribution < -0.4 is 0 Å². The van der Waals surface area contributed by atoms with Crippen LogP contribution in [0.1, 0.15) is 6.42 Å². The van der Waals surface area contributed by atoms with Crippen molar-refractivity contribution in [1.82, 2.24) is 0 Å². The van der Waals surface area contributed by atoms with Crippen molar-refractivity contribution in [3.8, 4) is 0 Å². The van der Waals surface area contributed by atoms with Crippen molar-refractivity contribution in [1.29, 1.82) is 0 Å². The molecule has 0 aromatic rings. The van der Waals surface area contributed by atoms with E-state index < -0.39 is 18.0 Å². The third-order valence-electron chi connectivity index (χ3n) is 1.06. The molecule has 1 saturated heterocycles. The fourth-order valence-corrected chi connectivity index (χ4v) is 0.752. The lowest BCUT2D eigenvalue weighted by atomic mass is 10.3. The number of carbonyl (C=O) groups excluding carboxylic acids is 2. The SMILES string of the molecule is O=C1C[C@H](N=C=S)C(=O)O1. The molecule has 0 amide bonds. The van der Waals surface area contributed by atoms with E-state index in [1.165, 1.54) is 0 Å². The molecule has 0 spiro atoms. The molecule has 1 rings (SSSR count). The van der Waals surface area contributed by atoms with E-state index in [4.69, 9.17) is 0 Å². The Morgan fingerprint density at radius 2 is 2.40 bits per heavy atom. The summed E-state index contributed by atoms with van der Waals surface area (Å²) in [5, 5.41) is 2.02. The molecule has 1 aliphatic heterocycles. The number of cyclic esters (lactones) is 2. The third-order valence-corrected chi connectivity index (χ3v) is 1.16. The summed E-state index contributed by atoms with van der Waals surface area (Å²) in [6.07, 6.45) is -0.0114. The monoisotopic (exact) mass is 157 g/mol. The summed E-state index contributed by atoms with van der Waals surface area (Å²) in [5.74, 6) is -1.19. The van der Waals surface area contributed by atoms with Crippen molar-refractivity contribution in [3.05, 3.63) is 0 Å². The van der Waals surface area contributed by atoms with Gasteiger partial charge in [-0.3, -0.25) is 4.79 Å². The minimum Gasteiger partial charge on any atom is -0.391 e. The van der Waals surface area contributed by atoms with Crippen molar-refractivity contribution >= 4 is 29.3 Å². The minimum atomic E-state index is -0.745. The number of hydrogen-bond donors (Lipinski definition) is 0. The van der Waals surface area contributed by atoms with Crippen molar-refractivity contribution in [2.75, 3.05) is 0 Å². The molecule has 1 atom stereocenters. The molecule has 0 N–H and O–H groups in total. The molecule has 0 saturated carbocycles. The summed E-state index contributed by atoms with van der Waals surface area (Å²) in [7, 11) is 0. The second-order valence-electron chi connectivity index (χ2n) is 1.73. The van der Waals surface area contributed by atoms with Crippen LogP contribution in [0.25, 0.3) is 0 Å². The second-order valence-corrected chi connectivity index (χ2v) is 1.92. The highest BCUT2D eigenvalue weighted by Crippen LogP contribution is 2.10. The maximum Gasteiger partial charge on any atom is 0.339 e. The molecule has 4 nitrogen and oxygen atoms in total. The van der Waals surface area contributed by atoms with Crippen LogP contribution in [-0.2, 0) is 14.3 Å². The molecule has 52 valence electrons. The number of aliphatic imine (C=N–C) groups is 1. The number of rotatable bonds is 1. The highest BCUT2D eigenvalue weighted by molar-refractivity contribution is 7.78. The Kier molecular flexibility index (Phi) is 1.89. The first-order valence-electron chi connectivity index (χ1n) is 2.55. The number of esters is 2. The highest BCUT2D eigenvalue weighted by atomic mass is 32.1. The van der Waals surface area contributed by atoms with E-state index in [-0.39, 0.29) is 6.42 Å². The van der Waals surface area contributed by atoms with E-state index in [0.29, 0.717) is 0 Å². The number of ether oxygens (including phenoxy) is 1. The van der Waals surface area contributed by atoms with Crippen LogP contribution in [-0.4, -0.2) is 23.1 Å². The largest absolute Gasteiger partial charge is 0.391 e. The molecule has 0 aliphatic carbocycles. The van der Waals surface area contributed by atoms with Gasteiger partial charge in [0.25, 0.3) is 0 Å². The van der Waals surface area contributed by atoms with Gasteiger partial charge in [0.05, 0.1) is 11.6 Å². The number of thiocarbonyl (C=S) groups is 1. The van der Waals surface area contributed by atoms with Gasteiger partial charge in [-0.25, -0.2) is 9.79 Å². The van der Waals surface area contributed by atoms with Gasteiger partial charge in [0.1, 0.15) is 0 Å². The maximum absolute atomic E-state index is 10.6. The fourth-order valence-electron chi connectivity index (χ4n) is 0.625. The summed E-state index contributed by atoms with van der Waals surface area (Å²) in [5.41, 5.74) is 0. The molecule has 10 heavy (non-hydrogen) atoms. The molecule has 5 heteroatoms. The average molecular weight is 157 g/mol. The summed E-state index contributed by atoms with van der Waals surface area (Å²) < 4.78 is 4.17. The van der Waals surface area contributed by atoms with Crippen LogP contribution in [0, 0.1) is 0 Å². The lowest BCUT2D eigenvalue weighted by molar-refractivity contribution is -0.152. The Labute approximate surface area is 61.9 Å². The molecule has 0 bridgehead atoms. The van der Waals surface area contributed by atoms with Crippen LogP contribution in [0.4, 0.5) is 0 Å². The van der Waals surface area contributed by atoms with E-state index in [9.17, 15) is 9.59 Å². The normalized spacial score (nSPS) is 23.8. The first-order chi connectivity index (χ1) is 4.74. The van der Waals surface area contributed by atoms with Gasteiger partial charge in [0, 0.05) is 0 Å². The second kappa shape index (κ2) is 2.68. The van der Waals surface area contributed by atoms with Crippen LogP contribution in [0.3, 0.4) is 0 Å². The number of hydrogen-bond acceptors (Lipinski definition) is 5. The zero-order valence-electron chi connectivity index (χ0n) is 4.86. The van der Waals surface area contributed by atoms with Gasteiger partial charge in [0.2, 0.25) is 0 Å². The van der Waals surface area contributed by atoms with Gasteiger partial charge in [-0.15, -0.1) is 0 Å². The average Bonchev–Trinajstić information content (AvgIpc) is 2.13.